The van der Waals surface area contributed by atoms with Crippen LogP contribution in [0.25, 0.3) is 0 Å². The Morgan fingerprint density at radius 3 is 2.85 bits per heavy atom. The SMILES string of the molecule is CN1CCC(CCC(CC(=O)O)c2cccnc2)CC1. The van der Waals surface area contributed by atoms with Crippen molar-refractivity contribution in [1.82, 2.24) is 9.88 Å². The zero-order chi connectivity index (χ0) is 14.4. The minimum Gasteiger partial charge on any atom is -0.481 e. The van der Waals surface area contributed by atoms with Crippen LogP contribution < -0.4 is 0 Å². The Kier molecular flexibility index (Phi) is 5.53. The van der Waals surface area contributed by atoms with Crippen LogP contribution in [-0.2, 0) is 4.79 Å². The highest BCUT2D eigenvalue weighted by atomic mass is 16.4. The van der Waals surface area contributed by atoms with Gasteiger partial charge in [0.2, 0.25) is 0 Å². The van der Waals surface area contributed by atoms with Crippen LogP contribution in [0.4, 0.5) is 0 Å². The number of hydrogen-bond donors (Lipinski definition) is 1. The summed E-state index contributed by atoms with van der Waals surface area (Å²) in [6.07, 6.45) is 8.30. The molecular formula is C16H24N2O2. The van der Waals surface area contributed by atoms with Crippen LogP contribution >= 0.6 is 0 Å². The molecule has 0 aliphatic carbocycles. The quantitative estimate of drug-likeness (QED) is 0.868. The molecule has 1 saturated heterocycles. The Bertz CT molecular complexity index is 414. The summed E-state index contributed by atoms with van der Waals surface area (Å²) in [6, 6.07) is 3.88. The number of carbonyl (C=O) groups is 1. The summed E-state index contributed by atoms with van der Waals surface area (Å²) >= 11 is 0. The van der Waals surface area contributed by atoms with Crippen molar-refractivity contribution in [3.63, 3.8) is 0 Å². The smallest absolute Gasteiger partial charge is 0.303 e. The molecule has 1 N–H and O–H groups in total. The summed E-state index contributed by atoms with van der Waals surface area (Å²) in [5.74, 6) is 0.127. The Balaban J connectivity index is 1.89. The van der Waals surface area contributed by atoms with Crippen molar-refractivity contribution in [2.75, 3.05) is 20.1 Å². The number of carboxylic acids is 1. The zero-order valence-electron chi connectivity index (χ0n) is 12.2. The lowest BCUT2D eigenvalue weighted by molar-refractivity contribution is -0.137. The highest BCUT2D eigenvalue weighted by molar-refractivity contribution is 5.68. The second-order valence-corrected chi connectivity index (χ2v) is 5.91. The molecule has 0 bridgehead atoms. The van der Waals surface area contributed by atoms with Crippen LogP contribution in [0.1, 0.15) is 43.6 Å². The largest absolute Gasteiger partial charge is 0.481 e. The standard InChI is InChI=1S/C16H24N2O2/c1-18-9-6-13(7-10-18)4-5-14(11-16(19)20)15-3-2-8-17-12-15/h2-3,8,12-14H,4-7,9-11H2,1H3,(H,19,20). The van der Waals surface area contributed by atoms with Gasteiger partial charge in [0.05, 0.1) is 6.42 Å². The van der Waals surface area contributed by atoms with E-state index < -0.39 is 5.97 Å². The van der Waals surface area contributed by atoms with Gasteiger partial charge in [-0.2, -0.15) is 0 Å². The normalized spacial score (nSPS) is 18.9. The summed E-state index contributed by atoms with van der Waals surface area (Å²) in [6.45, 7) is 2.34. The number of pyridine rings is 1. The molecule has 0 spiro atoms. The number of likely N-dealkylation sites (tertiary alicyclic amines) is 1. The minimum atomic E-state index is -0.720. The number of aromatic nitrogens is 1. The Hall–Kier alpha value is -1.42. The van der Waals surface area contributed by atoms with Crippen LogP contribution in [0.15, 0.2) is 24.5 Å². The van der Waals surface area contributed by atoms with Gasteiger partial charge in [0, 0.05) is 12.4 Å². The van der Waals surface area contributed by atoms with E-state index in [-0.39, 0.29) is 12.3 Å². The fourth-order valence-corrected chi connectivity index (χ4v) is 3.00. The Morgan fingerprint density at radius 2 is 2.25 bits per heavy atom. The second-order valence-electron chi connectivity index (χ2n) is 5.91. The summed E-state index contributed by atoms with van der Waals surface area (Å²) in [5.41, 5.74) is 1.06. The summed E-state index contributed by atoms with van der Waals surface area (Å²) in [5, 5.41) is 9.09. The average molecular weight is 276 g/mol. The van der Waals surface area contributed by atoms with Gasteiger partial charge in [-0.1, -0.05) is 6.07 Å². The van der Waals surface area contributed by atoms with E-state index in [0.29, 0.717) is 0 Å². The molecule has 4 heteroatoms. The van der Waals surface area contributed by atoms with Crippen molar-refractivity contribution in [2.45, 2.75) is 38.0 Å². The first kappa shape index (κ1) is 15.0. The van der Waals surface area contributed by atoms with Gasteiger partial charge in [0.1, 0.15) is 0 Å². The highest BCUT2D eigenvalue weighted by Crippen LogP contribution is 2.29. The van der Waals surface area contributed by atoms with Gasteiger partial charge in [-0.3, -0.25) is 9.78 Å². The minimum absolute atomic E-state index is 0.0980. The lowest BCUT2D eigenvalue weighted by Gasteiger charge is -2.29. The maximum Gasteiger partial charge on any atom is 0.303 e. The molecule has 4 nitrogen and oxygen atoms in total. The predicted molar refractivity (Wildman–Crippen MR) is 78.7 cm³/mol. The fourth-order valence-electron chi connectivity index (χ4n) is 3.00. The third kappa shape index (κ3) is 4.60. The van der Waals surface area contributed by atoms with Gasteiger partial charge in [-0.15, -0.1) is 0 Å². The molecule has 1 aromatic rings. The van der Waals surface area contributed by atoms with Crippen molar-refractivity contribution in [3.8, 4) is 0 Å². The third-order valence-electron chi connectivity index (χ3n) is 4.34. The molecule has 20 heavy (non-hydrogen) atoms. The van der Waals surface area contributed by atoms with E-state index in [2.05, 4.69) is 16.9 Å². The number of piperidine rings is 1. The molecule has 1 unspecified atom stereocenters. The van der Waals surface area contributed by atoms with Gasteiger partial charge in [0.15, 0.2) is 0 Å². The van der Waals surface area contributed by atoms with E-state index in [0.717, 1.165) is 24.3 Å². The molecule has 2 heterocycles. The maximum atomic E-state index is 11.1. The molecule has 0 aromatic carbocycles. The van der Waals surface area contributed by atoms with Gasteiger partial charge in [0.25, 0.3) is 0 Å². The van der Waals surface area contributed by atoms with E-state index >= 15 is 0 Å². The lowest BCUT2D eigenvalue weighted by atomic mass is 9.85. The van der Waals surface area contributed by atoms with Crippen LogP contribution in [0.5, 0.6) is 0 Å². The number of aliphatic carboxylic acids is 1. The topological polar surface area (TPSA) is 53.4 Å². The number of carboxylic acid groups (broad SMARTS) is 1. The van der Waals surface area contributed by atoms with Crippen molar-refractivity contribution < 1.29 is 9.90 Å². The summed E-state index contributed by atoms with van der Waals surface area (Å²) in [7, 11) is 2.17. The number of nitrogens with zero attached hydrogens (tertiary/aromatic N) is 2. The molecule has 0 amide bonds. The molecule has 1 fully saturated rings. The van der Waals surface area contributed by atoms with E-state index in [4.69, 9.17) is 5.11 Å². The fraction of sp³-hybridized carbons (Fsp3) is 0.625. The van der Waals surface area contributed by atoms with Crippen LogP contribution in [0.3, 0.4) is 0 Å². The van der Waals surface area contributed by atoms with Crippen molar-refractivity contribution in [1.29, 1.82) is 0 Å². The third-order valence-corrected chi connectivity index (χ3v) is 4.34. The lowest BCUT2D eigenvalue weighted by Crippen LogP contribution is -2.30. The van der Waals surface area contributed by atoms with E-state index in [1.165, 1.54) is 25.9 Å². The van der Waals surface area contributed by atoms with Crippen molar-refractivity contribution in [3.05, 3.63) is 30.1 Å². The van der Waals surface area contributed by atoms with E-state index in [1.807, 2.05) is 18.3 Å². The first-order valence-corrected chi connectivity index (χ1v) is 7.45. The van der Waals surface area contributed by atoms with Crippen molar-refractivity contribution >= 4 is 5.97 Å². The molecule has 1 aliphatic heterocycles. The van der Waals surface area contributed by atoms with E-state index in [1.54, 1.807) is 6.20 Å². The second kappa shape index (κ2) is 7.39. The first-order valence-electron chi connectivity index (χ1n) is 7.45. The van der Waals surface area contributed by atoms with Gasteiger partial charge < -0.3 is 10.0 Å². The molecule has 0 saturated carbocycles. The molecule has 1 aromatic heterocycles. The van der Waals surface area contributed by atoms with E-state index in [9.17, 15) is 4.79 Å². The molecule has 110 valence electrons. The van der Waals surface area contributed by atoms with Crippen LogP contribution in [-0.4, -0.2) is 41.1 Å². The highest BCUT2D eigenvalue weighted by Gasteiger charge is 2.21. The predicted octanol–water partition coefficient (Wildman–Crippen LogP) is 2.76. The number of hydrogen-bond acceptors (Lipinski definition) is 3. The summed E-state index contributed by atoms with van der Waals surface area (Å²) in [4.78, 5) is 17.5. The van der Waals surface area contributed by atoms with Gasteiger partial charge >= 0.3 is 5.97 Å². The molecule has 2 rings (SSSR count). The average Bonchev–Trinajstić information content (AvgIpc) is 2.46. The molecule has 1 atom stereocenters. The first-order chi connectivity index (χ1) is 9.65. The molecule has 1 aliphatic rings. The number of rotatable bonds is 6. The Labute approximate surface area is 120 Å². The van der Waals surface area contributed by atoms with Crippen LogP contribution in [0.2, 0.25) is 0 Å². The molecule has 0 radical (unpaired) electrons. The molecular weight excluding hydrogens is 252 g/mol. The van der Waals surface area contributed by atoms with Crippen molar-refractivity contribution in [2.24, 2.45) is 5.92 Å². The monoisotopic (exact) mass is 276 g/mol. The van der Waals surface area contributed by atoms with Gasteiger partial charge in [-0.25, -0.2) is 0 Å². The van der Waals surface area contributed by atoms with Crippen LogP contribution in [0, 0.1) is 5.92 Å². The van der Waals surface area contributed by atoms with Gasteiger partial charge in [-0.05, 0) is 69.3 Å². The Morgan fingerprint density at radius 1 is 1.50 bits per heavy atom. The zero-order valence-corrected chi connectivity index (χ0v) is 12.2. The maximum absolute atomic E-state index is 11.1. The summed E-state index contributed by atoms with van der Waals surface area (Å²) < 4.78 is 0.